The first-order valence-corrected chi connectivity index (χ1v) is 4.49. The molecular weight excluding hydrogens is 124 g/mol. The van der Waals surface area contributed by atoms with Crippen molar-refractivity contribution < 1.29 is 4.74 Å². The lowest BCUT2D eigenvalue weighted by atomic mass is 9.75. The van der Waals surface area contributed by atoms with Crippen molar-refractivity contribution in [3.63, 3.8) is 0 Å². The second-order valence-electron chi connectivity index (χ2n) is 3.79. The fourth-order valence-electron chi connectivity index (χ4n) is 2.26. The Morgan fingerprint density at radius 3 is 2.40 bits per heavy atom. The summed E-state index contributed by atoms with van der Waals surface area (Å²) < 4.78 is 5.81. The van der Waals surface area contributed by atoms with Crippen molar-refractivity contribution in [3.8, 4) is 0 Å². The number of hydrogen-bond acceptors (Lipinski definition) is 1. The van der Waals surface area contributed by atoms with Gasteiger partial charge in [0.1, 0.15) is 0 Å². The van der Waals surface area contributed by atoms with Gasteiger partial charge in [-0.15, -0.1) is 0 Å². The molecule has 0 unspecified atom stereocenters. The molecule has 2 bridgehead atoms. The van der Waals surface area contributed by atoms with Crippen LogP contribution in [0.3, 0.4) is 0 Å². The molecule has 1 nitrogen and oxygen atoms in total. The quantitative estimate of drug-likeness (QED) is 0.543. The lowest BCUT2D eigenvalue weighted by Gasteiger charge is -2.46. The van der Waals surface area contributed by atoms with Crippen LogP contribution in [0.25, 0.3) is 0 Å². The first-order chi connectivity index (χ1) is 4.85. The Kier molecular flexibility index (Phi) is 1.48. The second-order valence-corrected chi connectivity index (χ2v) is 3.79. The van der Waals surface area contributed by atoms with Gasteiger partial charge in [0.2, 0.25) is 0 Å². The molecule has 0 N–H and O–H groups in total. The maximum absolute atomic E-state index is 5.81. The number of fused-ring (bicyclic) bond motifs is 3. The van der Waals surface area contributed by atoms with E-state index in [4.69, 9.17) is 4.74 Å². The summed E-state index contributed by atoms with van der Waals surface area (Å²) in [6.45, 7) is 3.31. The van der Waals surface area contributed by atoms with Crippen molar-refractivity contribution >= 4 is 0 Å². The predicted molar refractivity (Wildman–Crippen MR) is 40.9 cm³/mol. The Hall–Kier alpha value is -0.0400. The van der Waals surface area contributed by atoms with Crippen molar-refractivity contribution in [2.45, 2.75) is 44.6 Å². The van der Waals surface area contributed by atoms with Crippen LogP contribution >= 0.6 is 0 Å². The predicted octanol–water partition coefficient (Wildman–Crippen LogP) is 2.36. The second kappa shape index (κ2) is 2.23. The smallest absolute Gasteiger partial charge is 0.0680 e. The molecule has 1 aliphatic carbocycles. The van der Waals surface area contributed by atoms with Gasteiger partial charge >= 0.3 is 0 Å². The zero-order valence-electron chi connectivity index (χ0n) is 6.73. The van der Waals surface area contributed by atoms with Gasteiger partial charge in [-0.2, -0.15) is 0 Å². The van der Waals surface area contributed by atoms with E-state index in [9.17, 15) is 0 Å². The molecule has 1 heteroatoms. The van der Waals surface area contributed by atoms with Crippen LogP contribution in [0.5, 0.6) is 0 Å². The van der Waals surface area contributed by atoms with E-state index in [2.05, 4.69) is 6.92 Å². The van der Waals surface area contributed by atoms with Gasteiger partial charge in [0.05, 0.1) is 12.2 Å². The van der Waals surface area contributed by atoms with Crippen LogP contribution in [0.1, 0.15) is 39.0 Å². The molecule has 2 heterocycles. The summed E-state index contributed by atoms with van der Waals surface area (Å²) in [6.07, 6.45) is 6.73. The minimum Gasteiger partial charge on any atom is -0.375 e. The molecule has 0 atom stereocenters. The number of rotatable bonds is 1. The molecule has 0 aromatic rings. The third-order valence-electron chi connectivity index (χ3n) is 3.29. The highest BCUT2D eigenvalue weighted by molar-refractivity contribution is 4.90. The van der Waals surface area contributed by atoms with E-state index >= 15 is 0 Å². The lowest BCUT2D eigenvalue weighted by Crippen LogP contribution is -2.44. The summed E-state index contributed by atoms with van der Waals surface area (Å²) in [7, 11) is 0. The van der Waals surface area contributed by atoms with Crippen molar-refractivity contribution in [1.29, 1.82) is 0 Å². The zero-order valence-corrected chi connectivity index (χ0v) is 6.73. The molecule has 10 heavy (non-hydrogen) atoms. The standard InChI is InChI=1S/C9H16O/c1-2-9-5-3-8(4-6-9)7-10-9/h8H,2-7H2,1H3. The molecule has 0 aromatic heterocycles. The fourth-order valence-corrected chi connectivity index (χ4v) is 2.26. The molecule has 3 fully saturated rings. The van der Waals surface area contributed by atoms with Crippen LogP contribution in [0, 0.1) is 5.92 Å². The third-order valence-corrected chi connectivity index (χ3v) is 3.29. The summed E-state index contributed by atoms with van der Waals surface area (Å²) in [5.74, 6) is 0.911. The van der Waals surface area contributed by atoms with E-state index in [-0.39, 0.29) is 0 Å². The van der Waals surface area contributed by atoms with Crippen molar-refractivity contribution in [3.05, 3.63) is 0 Å². The van der Waals surface area contributed by atoms with Crippen LogP contribution in [-0.2, 0) is 4.74 Å². The molecule has 2 saturated heterocycles. The monoisotopic (exact) mass is 140 g/mol. The van der Waals surface area contributed by atoms with Crippen LogP contribution < -0.4 is 0 Å². The van der Waals surface area contributed by atoms with Gasteiger partial charge in [-0.1, -0.05) is 6.92 Å². The van der Waals surface area contributed by atoms with Crippen LogP contribution in [-0.4, -0.2) is 12.2 Å². The average molecular weight is 140 g/mol. The van der Waals surface area contributed by atoms with Crippen molar-refractivity contribution in [1.82, 2.24) is 0 Å². The molecule has 0 amide bonds. The molecule has 0 spiro atoms. The highest BCUT2D eigenvalue weighted by atomic mass is 16.5. The van der Waals surface area contributed by atoms with E-state index < -0.39 is 0 Å². The summed E-state index contributed by atoms with van der Waals surface area (Å²) in [6, 6.07) is 0. The van der Waals surface area contributed by atoms with Gasteiger partial charge in [-0.05, 0) is 38.0 Å². The minimum absolute atomic E-state index is 0.328. The summed E-state index contributed by atoms with van der Waals surface area (Å²) >= 11 is 0. The Bertz CT molecular complexity index is 109. The number of ether oxygens (including phenoxy) is 1. The normalized spacial score (nSPS) is 45.9. The molecular formula is C9H16O. The van der Waals surface area contributed by atoms with E-state index in [1.165, 1.54) is 32.1 Å². The van der Waals surface area contributed by atoms with E-state index in [1.807, 2.05) is 0 Å². The van der Waals surface area contributed by atoms with Crippen LogP contribution in [0.15, 0.2) is 0 Å². The van der Waals surface area contributed by atoms with Crippen molar-refractivity contribution in [2.75, 3.05) is 6.61 Å². The first kappa shape index (κ1) is 6.66. The molecule has 3 rings (SSSR count). The van der Waals surface area contributed by atoms with E-state index in [0.717, 1.165) is 12.5 Å². The molecule has 3 aliphatic rings. The van der Waals surface area contributed by atoms with Crippen molar-refractivity contribution in [2.24, 2.45) is 5.92 Å². The van der Waals surface area contributed by atoms with Gasteiger partial charge in [0.15, 0.2) is 0 Å². The van der Waals surface area contributed by atoms with Gasteiger partial charge in [-0.25, -0.2) is 0 Å². The largest absolute Gasteiger partial charge is 0.375 e. The fraction of sp³-hybridized carbons (Fsp3) is 1.00. The van der Waals surface area contributed by atoms with E-state index in [1.54, 1.807) is 0 Å². The van der Waals surface area contributed by atoms with Gasteiger partial charge in [-0.3, -0.25) is 0 Å². The van der Waals surface area contributed by atoms with Crippen LogP contribution in [0.4, 0.5) is 0 Å². The summed E-state index contributed by atoms with van der Waals surface area (Å²) in [4.78, 5) is 0. The van der Waals surface area contributed by atoms with Gasteiger partial charge in [0.25, 0.3) is 0 Å². The Morgan fingerprint density at radius 1 is 1.40 bits per heavy atom. The summed E-state index contributed by atoms with van der Waals surface area (Å²) in [5, 5.41) is 0. The topological polar surface area (TPSA) is 9.23 Å². The maximum Gasteiger partial charge on any atom is 0.0680 e. The lowest BCUT2D eigenvalue weighted by molar-refractivity contribution is -0.145. The SMILES string of the molecule is CCC12CCC(CC1)CO2. The van der Waals surface area contributed by atoms with Gasteiger partial charge in [0, 0.05) is 0 Å². The number of hydrogen-bond donors (Lipinski definition) is 0. The molecule has 1 saturated carbocycles. The first-order valence-electron chi connectivity index (χ1n) is 4.49. The zero-order chi connectivity index (χ0) is 7.03. The highest BCUT2D eigenvalue weighted by Gasteiger charge is 2.39. The van der Waals surface area contributed by atoms with Crippen LogP contribution in [0.2, 0.25) is 0 Å². The third kappa shape index (κ3) is 0.878. The molecule has 0 radical (unpaired) electrons. The molecule has 0 aromatic carbocycles. The van der Waals surface area contributed by atoms with E-state index in [0.29, 0.717) is 5.60 Å². The Balaban J connectivity index is 2.08. The molecule has 2 aliphatic heterocycles. The maximum atomic E-state index is 5.81. The van der Waals surface area contributed by atoms with Gasteiger partial charge < -0.3 is 4.74 Å². The highest BCUT2D eigenvalue weighted by Crippen LogP contribution is 2.42. The molecule has 58 valence electrons. The minimum atomic E-state index is 0.328. The Morgan fingerprint density at radius 2 is 2.10 bits per heavy atom. The summed E-state index contributed by atoms with van der Waals surface area (Å²) in [5.41, 5.74) is 0.328. The Labute approximate surface area is 62.8 Å². The average Bonchev–Trinajstić information content (AvgIpc) is 2.08.